The number of rotatable bonds is 5. The van der Waals surface area contributed by atoms with Crippen molar-refractivity contribution in [1.82, 2.24) is 0 Å². The standard InChI is InChI=1S/C15H19NS/c1-12-5-2-3-6-14(12)9-13(11-16)10-15-7-4-8-17-15/h2-8,13H,9-11,16H2,1H3. The smallest absolute Gasteiger partial charge is 0.00485 e. The highest BCUT2D eigenvalue weighted by Gasteiger charge is 2.10. The Morgan fingerprint density at radius 2 is 1.94 bits per heavy atom. The zero-order valence-corrected chi connectivity index (χ0v) is 11.0. The molecule has 1 heterocycles. The van der Waals surface area contributed by atoms with E-state index in [9.17, 15) is 0 Å². The van der Waals surface area contributed by atoms with Gasteiger partial charge in [-0.2, -0.15) is 0 Å². The number of benzene rings is 1. The molecular formula is C15H19NS. The third kappa shape index (κ3) is 3.42. The number of nitrogens with two attached hydrogens (primary N) is 1. The lowest BCUT2D eigenvalue weighted by molar-refractivity contribution is 0.536. The average molecular weight is 245 g/mol. The van der Waals surface area contributed by atoms with E-state index in [1.807, 2.05) is 11.3 Å². The number of hydrogen-bond acceptors (Lipinski definition) is 2. The molecule has 0 saturated heterocycles. The van der Waals surface area contributed by atoms with Crippen LogP contribution in [0.2, 0.25) is 0 Å². The topological polar surface area (TPSA) is 26.0 Å². The maximum absolute atomic E-state index is 5.89. The Morgan fingerprint density at radius 1 is 1.12 bits per heavy atom. The highest BCUT2D eigenvalue weighted by molar-refractivity contribution is 7.09. The minimum absolute atomic E-state index is 0.551. The Bertz CT molecular complexity index is 448. The van der Waals surface area contributed by atoms with E-state index in [2.05, 4.69) is 48.7 Å². The van der Waals surface area contributed by atoms with Crippen molar-refractivity contribution in [1.29, 1.82) is 0 Å². The minimum Gasteiger partial charge on any atom is -0.330 e. The summed E-state index contributed by atoms with van der Waals surface area (Å²) in [6.45, 7) is 2.93. The zero-order valence-electron chi connectivity index (χ0n) is 10.2. The predicted molar refractivity (Wildman–Crippen MR) is 75.5 cm³/mol. The van der Waals surface area contributed by atoms with Crippen LogP contribution in [-0.4, -0.2) is 6.54 Å². The van der Waals surface area contributed by atoms with Crippen LogP contribution in [0, 0.1) is 12.8 Å². The van der Waals surface area contributed by atoms with Gasteiger partial charge in [-0.15, -0.1) is 11.3 Å². The van der Waals surface area contributed by atoms with Gasteiger partial charge in [0.15, 0.2) is 0 Å². The van der Waals surface area contributed by atoms with Crippen molar-refractivity contribution >= 4 is 11.3 Å². The lowest BCUT2D eigenvalue weighted by Crippen LogP contribution is -2.19. The fourth-order valence-electron chi connectivity index (χ4n) is 2.10. The SMILES string of the molecule is Cc1ccccc1CC(CN)Cc1cccs1. The van der Waals surface area contributed by atoms with Crippen molar-refractivity contribution in [2.75, 3.05) is 6.54 Å². The first-order valence-corrected chi connectivity index (χ1v) is 6.94. The third-order valence-corrected chi connectivity index (χ3v) is 4.07. The average Bonchev–Trinajstić information content (AvgIpc) is 2.84. The van der Waals surface area contributed by atoms with Crippen LogP contribution in [0.1, 0.15) is 16.0 Å². The molecule has 0 radical (unpaired) electrons. The fraction of sp³-hybridized carbons (Fsp3) is 0.333. The first-order chi connectivity index (χ1) is 8.29. The molecule has 0 bridgehead atoms. The molecule has 2 aromatic rings. The van der Waals surface area contributed by atoms with Gasteiger partial charge in [-0.1, -0.05) is 30.3 Å². The van der Waals surface area contributed by atoms with E-state index < -0.39 is 0 Å². The molecule has 90 valence electrons. The van der Waals surface area contributed by atoms with Gasteiger partial charge in [0.1, 0.15) is 0 Å². The summed E-state index contributed by atoms with van der Waals surface area (Å²) in [5, 5.41) is 2.14. The van der Waals surface area contributed by atoms with E-state index in [0.29, 0.717) is 5.92 Å². The summed E-state index contributed by atoms with van der Waals surface area (Å²) in [6.07, 6.45) is 2.18. The highest BCUT2D eigenvalue weighted by Crippen LogP contribution is 2.19. The van der Waals surface area contributed by atoms with Gasteiger partial charge in [0.2, 0.25) is 0 Å². The molecule has 0 aliphatic heterocycles. The van der Waals surface area contributed by atoms with Crippen molar-refractivity contribution in [3.05, 3.63) is 57.8 Å². The maximum Gasteiger partial charge on any atom is 0.00485 e. The largest absolute Gasteiger partial charge is 0.330 e. The van der Waals surface area contributed by atoms with E-state index in [-0.39, 0.29) is 0 Å². The minimum atomic E-state index is 0.551. The quantitative estimate of drug-likeness (QED) is 0.858. The number of thiophene rings is 1. The van der Waals surface area contributed by atoms with Crippen LogP contribution >= 0.6 is 11.3 Å². The first-order valence-electron chi connectivity index (χ1n) is 6.06. The molecule has 1 atom stereocenters. The van der Waals surface area contributed by atoms with Crippen molar-refractivity contribution < 1.29 is 0 Å². The van der Waals surface area contributed by atoms with Crippen LogP contribution in [0.5, 0.6) is 0 Å². The van der Waals surface area contributed by atoms with Crippen LogP contribution in [0.15, 0.2) is 41.8 Å². The summed E-state index contributed by atoms with van der Waals surface area (Å²) >= 11 is 1.83. The molecule has 0 fully saturated rings. The summed E-state index contributed by atoms with van der Waals surface area (Å²) < 4.78 is 0. The molecule has 0 aliphatic rings. The summed E-state index contributed by atoms with van der Waals surface area (Å²) in [5.41, 5.74) is 8.69. The summed E-state index contributed by atoms with van der Waals surface area (Å²) in [7, 11) is 0. The van der Waals surface area contributed by atoms with Gasteiger partial charge < -0.3 is 5.73 Å². The van der Waals surface area contributed by atoms with Gasteiger partial charge in [0.05, 0.1) is 0 Å². The Kier molecular flexibility index (Phi) is 4.35. The lowest BCUT2D eigenvalue weighted by atomic mass is 9.93. The second-order valence-corrected chi connectivity index (χ2v) is 5.55. The van der Waals surface area contributed by atoms with Gasteiger partial charge in [-0.05, 0) is 54.8 Å². The first kappa shape index (κ1) is 12.3. The van der Waals surface area contributed by atoms with Gasteiger partial charge in [0, 0.05) is 4.88 Å². The molecule has 1 nitrogen and oxygen atoms in total. The zero-order chi connectivity index (χ0) is 12.1. The molecule has 0 amide bonds. The van der Waals surface area contributed by atoms with E-state index in [1.54, 1.807) is 0 Å². The van der Waals surface area contributed by atoms with Gasteiger partial charge >= 0.3 is 0 Å². The lowest BCUT2D eigenvalue weighted by Gasteiger charge is -2.15. The fourth-order valence-corrected chi connectivity index (χ4v) is 2.92. The van der Waals surface area contributed by atoms with Crippen LogP contribution in [-0.2, 0) is 12.8 Å². The van der Waals surface area contributed by atoms with Gasteiger partial charge in [-0.25, -0.2) is 0 Å². The molecule has 1 aromatic heterocycles. The van der Waals surface area contributed by atoms with Crippen LogP contribution in [0.3, 0.4) is 0 Å². The summed E-state index contributed by atoms with van der Waals surface area (Å²) in [5.74, 6) is 0.551. The molecule has 1 unspecified atom stereocenters. The third-order valence-electron chi connectivity index (χ3n) is 3.17. The molecule has 1 aromatic carbocycles. The molecule has 0 saturated carbocycles. The Labute approximate surface area is 107 Å². The monoisotopic (exact) mass is 245 g/mol. The van der Waals surface area contributed by atoms with Gasteiger partial charge in [-0.3, -0.25) is 0 Å². The van der Waals surface area contributed by atoms with E-state index in [0.717, 1.165) is 19.4 Å². The van der Waals surface area contributed by atoms with Crippen molar-refractivity contribution in [3.63, 3.8) is 0 Å². The number of hydrogen-bond donors (Lipinski definition) is 1. The molecule has 2 N–H and O–H groups in total. The van der Waals surface area contributed by atoms with Crippen LogP contribution < -0.4 is 5.73 Å². The molecule has 2 heteroatoms. The summed E-state index contributed by atoms with van der Waals surface area (Å²) in [4.78, 5) is 1.44. The van der Waals surface area contributed by atoms with Crippen molar-refractivity contribution in [2.45, 2.75) is 19.8 Å². The Balaban J connectivity index is 2.03. The molecule has 0 aliphatic carbocycles. The Morgan fingerprint density at radius 3 is 2.59 bits per heavy atom. The Hall–Kier alpha value is -1.12. The molecule has 0 spiro atoms. The maximum atomic E-state index is 5.89. The van der Waals surface area contributed by atoms with E-state index in [1.165, 1.54) is 16.0 Å². The highest BCUT2D eigenvalue weighted by atomic mass is 32.1. The predicted octanol–water partition coefficient (Wildman–Crippen LogP) is 3.42. The molecular weight excluding hydrogens is 226 g/mol. The number of aryl methyl sites for hydroxylation is 1. The van der Waals surface area contributed by atoms with Crippen LogP contribution in [0.4, 0.5) is 0 Å². The van der Waals surface area contributed by atoms with Crippen molar-refractivity contribution in [2.24, 2.45) is 11.7 Å². The van der Waals surface area contributed by atoms with Gasteiger partial charge in [0.25, 0.3) is 0 Å². The van der Waals surface area contributed by atoms with Crippen molar-refractivity contribution in [3.8, 4) is 0 Å². The van der Waals surface area contributed by atoms with E-state index >= 15 is 0 Å². The summed E-state index contributed by atoms with van der Waals surface area (Å²) in [6, 6.07) is 12.9. The molecule has 2 rings (SSSR count). The van der Waals surface area contributed by atoms with E-state index in [4.69, 9.17) is 5.73 Å². The second-order valence-electron chi connectivity index (χ2n) is 4.52. The second kappa shape index (κ2) is 5.99. The normalized spacial score (nSPS) is 12.6. The van der Waals surface area contributed by atoms with Crippen LogP contribution in [0.25, 0.3) is 0 Å². The molecule has 17 heavy (non-hydrogen) atoms.